The summed E-state index contributed by atoms with van der Waals surface area (Å²) in [4.78, 5) is 0. The Morgan fingerprint density at radius 3 is 0.944 bits per heavy atom. The van der Waals surface area contributed by atoms with Crippen LogP contribution in [0.25, 0.3) is 0 Å². The molecule has 0 heterocycles. The molecule has 0 saturated heterocycles. The average Bonchev–Trinajstić information content (AvgIpc) is 2.47. The van der Waals surface area contributed by atoms with Gasteiger partial charge in [-0.3, -0.25) is 0 Å². The molecule has 0 nitrogen and oxygen atoms in total. The third-order valence-corrected chi connectivity index (χ3v) is 5.37. The van der Waals surface area contributed by atoms with Crippen LogP contribution in [0.1, 0.15) is 103 Å². The van der Waals surface area contributed by atoms with E-state index in [0.29, 0.717) is 0 Å². The van der Waals surface area contributed by atoms with Crippen molar-refractivity contribution in [2.75, 3.05) is 0 Å². The maximum Gasteiger partial charge on any atom is -0.0412 e. The van der Waals surface area contributed by atoms with Gasteiger partial charge in [0.1, 0.15) is 0 Å². The molecule has 106 valence electrons. The van der Waals surface area contributed by atoms with E-state index in [9.17, 15) is 0 Å². The molecule has 2 aliphatic carbocycles. The van der Waals surface area contributed by atoms with Crippen LogP contribution in [0.15, 0.2) is 0 Å². The summed E-state index contributed by atoms with van der Waals surface area (Å²) in [6.07, 6.45) is 24.5. The molecule has 0 aromatic carbocycles. The van der Waals surface area contributed by atoms with Gasteiger partial charge in [0.25, 0.3) is 0 Å². The van der Waals surface area contributed by atoms with Crippen LogP contribution in [-0.2, 0) is 0 Å². The van der Waals surface area contributed by atoms with Gasteiger partial charge in [-0.2, -0.15) is 0 Å². The van der Waals surface area contributed by atoms with Crippen molar-refractivity contribution in [2.24, 2.45) is 11.8 Å². The lowest BCUT2D eigenvalue weighted by molar-refractivity contribution is 0.293. The molecule has 2 fully saturated rings. The summed E-state index contributed by atoms with van der Waals surface area (Å²) >= 11 is 0. The van der Waals surface area contributed by atoms with Gasteiger partial charge >= 0.3 is 0 Å². The van der Waals surface area contributed by atoms with E-state index in [4.69, 9.17) is 0 Å². The van der Waals surface area contributed by atoms with Crippen molar-refractivity contribution in [1.29, 1.82) is 0 Å². The topological polar surface area (TPSA) is 0 Å². The Balaban J connectivity index is 1.86. The second kappa shape index (κ2) is 8.99. The van der Waals surface area contributed by atoms with Crippen LogP contribution in [0.2, 0.25) is 0 Å². The second-order valence-corrected chi connectivity index (χ2v) is 7.01. The fourth-order valence-electron chi connectivity index (χ4n) is 4.20. The van der Waals surface area contributed by atoms with Gasteiger partial charge in [0.2, 0.25) is 0 Å². The second-order valence-electron chi connectivity index (χ2n) is 7.01. The van der Waals surface area contributed by atoms with E-state index in [1.807, 2.05) is 0 Å². The standard InChI is InChI=1S/C18H34/c1-2-4-8-12-17-14-10-6-7-11-15-18(16-17)13-9-5-3-1/h17-18H,1-16H2. The summed E-state index contributed by atoms with van der Waals surface area (Å²) < 4.78 is 0. The van der Waals surface area contributed by atoms with Crippen molar-refractivity contribution in [3.8, 4) is 0 Å². The minimum absolute atomic E-state index is 1.09. The highest BCUT2D eigenvalue weighted by atomic mass is 14.2. The highest BCUT2D eigenvalue weighted by Gasteiger charge is 2.18. The van der Waals surface area contributed by atoms with Crippen molar-refractivity contribution < 1.29 is 0 Å². The van der Waals surface area contributed by atoms with Crippen LogP contribution in [0.4, 0.5) is 0 Å². The Morgan fingerprint density at radius 1 is 0.333 bits per heavy atom. The zero-order chi connectivity index (χ0) is 12.5. The molecule has 2 unspecified atom stereocenters. The number of fused-ring (bicyclic) bond motifs is 2. The molecule has 2 saturated carbocycles. The van der Waals surface area contributed by atoms with Crippen molar-refractivity contribution >= 4 is 0 Å². The van der Waals surface area contributed by atoms with E-state index in [2.05, 4.69) is 0 Å². The molecular weight excluding hydrogens is 216 g/mol. The molecule has 18 heavy (non-hydrogen) atoms. The number of hydrogen-bond donors (Lipinski definition) is 0. The Kier molecular flexibility index (Phi) is 7.20. The summed E-state index contributed by atoms with van der Waals surface area (Å²) in [6, 6.07) is 0. The van der Waals surface area contributed by atoms with Gasteiger partial charge in [0, 0.05) is 0 Å². The summed E-state index contributed by atoms with van der Waals surface area (Å²) in [5.74, 6) is 2.18. The smallest absolute Gasteiger partial charge is 0.0412 e. The summed E-state index contributed by atoms with van der Waals surface area (Å²) in [5, 5.41) is 0. The molecule has 2 atom stereocenters. The molecular formula is C18H34. The van der Waals surface area contributed by atoms with E-state index in [0.717, 1.165) is 11.8 Å². The maximum atomic E-state index is 1.58. The quantitative estimate of drug-likeness (QED) is 0.461. The van der Waals surface area contributed by atoms with Gasteiger partial charge in [0.05, 0.1) is 0 Å². The Labute approximate surface area is 115 Å². The van der Waals surface area contributed by atoms with Crippen LogP contribution in [0, 0.1) is 11.8 Å². The lowest BCUT2D eigenvalue weighted by Crippen LogP contribution is -2.10. The maximum absolute atomic E-state index is 1.58. The largest absolute Gasteiger partial charge is 0.0533 e. The molecule has 2 bridgehead atoms. The molecule has 0 radical (unpaired) electrons. The van der Waals surface area contributed by atoms with Crippen LogP contribution in [0.5, 0.6) is 0 Å². The molecule has 0 spiro atoms. The predicted molar refractivity (Wildman–Crippen MR) is 80.9 cm³/mol. The lowest BCUT2D eigenvalue weighted by Gasteiger charge is -2.23. The molecule has 0 aromatic heterocycles. The van der Waals surface area contributed by atoms with Gasteiger partial charge in [-0.05, 0) is 18.3 Å². The third kappa shape index (κ3) is 5.76. The van der Waals surface area contributed by atoms with Crippen molar-refractivity contribution in [3.63, 3.8) is 0 Å². The van der Waals surface area contributed by atoms with Gasteiger partial charge in [-0.15, -0.1) is 0 Å². The van der Waals surface area contributed by atoms with Gasteiger partial charge in [-0.1, -0.05) is 96.3 Å². The van der Waals surface area contributed by atoms with Crippen LogP contribution >= 0.6 is 0 Å². The van der Waals surface area contributed by atoms with Gasteiger partial charge in [-0.25, -0.2) is 0 Å². The Hall–Kier alpha value is 0. The van der Waals surface area contributed by atoms with Crippen LogP contribution in [-0.4, -0.2) is 0 Å². The Morgan fingerprint density at radius 2 is 0.611 bits per heavy atom. The molecule has 2 aliphatic rings. The Bertz CT molecular complexity index is 176. The van der Waals surface area contributed by atoms with Crippen molar-refractivity contribution in [2.45, 2.75) is 103 Å². The van der Waals surface area contributed by atoms with Crippen molar-refractivity contribution in [1.82, 2.24) is 0 Å². The minimum atomic E-state index is 1.09. The van der Waals surface area contributed by atoms with Crippen LogP contribution in [0.3, 0.4) is 0 Å². The van der Waals surface area contributed by atoms with Gasteiger partial charge < -0.3 is 0 Å². The zero-order valence-corrected chi connectivity index (χ0v) is 12.5. The first-order valence-corrected chi connectivity index (χ1v) is 8.95. The fourth-order valence-corrected chi connectivity index (χ4v) is 4.20. The predicted octanol–water partition coefficient (Wildman–Crippen LogP) is 6.49. The zero-order valence-electron chi connectivity index (χ0n) is 12.5. The number of rotatable bonds is 0. The summed E-state index contributed by atoms with van der Waals surface area (Å²) in [6.45, 7) is 0. The van der Waals surface area contributed by atoms with E-state index in [-0.39, 0.29) is 0 Å². The SMILES string of the molecule is C1CCCCC2CCCCCCC(CCCC1)C2. The minimum Gasteiger partial charge on any atom is -0.0533 e. The van der Waals surface area contributed by atoms with Crippen molar-refractivity contribution in [3.05, 3.63) is 0 Å². The van der Waals surface area contributed by atoms with E-state index in [1.165, 1.54) is 70.6 Å². The lowest BCUT2D eigenvalue weighted by atomic mass is 9.83. The first kappa shape index (κ1) is 14.4. The first-order chi connectivity index (χ1) is 8.95. The molecule has 0 amide bonds. The third-order valence-electron chi connectivity index (χ3n) is 5.37. The van der Waals surface area contributed by atoms with Gasteiger partial charge in [0.15, 0.2) is 0 Å². The fraction of sp³-hybridized carbons (Fsp3) is 1.00. The van der Waals surface area contributed by atoms with Crippen LogP contribution < -0.4 is 0 Å². The highest BCUT2D eigenvalue weighted by Crippen LogP contribution is 2.32. The highest BCUT2D eigenvalue weighted by molar-refractivity contribution is 4.71. The first-order valence-electron chi connectivity index (χ1n) is 8.95. The monoisotopic (exact) mass is 250 g/mol. The normalized spacial score (nSPS) is 33.3. The summed E-state index contributed by atoms with van der Waals surface area (Å²) in [5.41, 5.74) is 0. The molecule has 0 N–H and O–H groups in total. The summed E-state index contributed by atoms with van der Waals surface area (Å²) in [7, 11) is 0. The van der Waals surface area contributed by atoms with E-state index >= 15 is 0 Å². The molecule has 0 aromatic rings. The number of hydrogen-bond acceptors (Lipinski definition) is 0. The molecule has 0 heteroatoms. The van der Waals surface area contributed by atoms with E-state index in [1.54, 1.807) is 32.1 Å². The molecule has 0 aliphatic heterocycles. The average molecular weight is 250 g/mol. The van der Waals surface area contributed by atoms with E-state index < -0.39 is 0 Å². The molecule has 2 rings (SSSR count).